The van der Waals surface area contributed by atoms with E-state index >= 15 is 0 Å². The van der Waals surface area contributed by atoms with Crippen molar-refractivity contribution in [1.29, 1.82) is 0 Å². The van der Waals surface area contributed by atoms with Crippen LogP contribution in [0.15, 0.2) is 12.3 Å². The number of nitrogens with zero attached hydrogens (tertiary/aromatic N) is 1. The molecule has 2 nitrogen and oxygen atoms in total. The van der Waals surface area contributed by atoms with Gasteiger partial charge in [0.1, 0.15) is 0 Å². The summed E-state index contributed by atoms with van der Waals surface area (Å²) in [4.78, 5) is 3.98. The molecule has 1 aromatic heterocycles. The summed E-state index contributed by atoms with van der Waals surface area (Å²) in [5.41, 5.74) is 1.81. The van der Waals surface area contributed by atoms with Gasteiger partial charge in [-0.25, -0.2) is 4.98 Å². The third kappa shape index (κ3) is 4.08. The molecule has 0 aliphatic heterocycles. The van der Waals surface area contributed by atoms with E-state index < -0.39 is 12.6 Å². The Kier molecular flexibility index (Phi) is 4.15. The van der Waals surface area contributed by atoms with Crippen molar-refractivity contribution in [3.63, 3.8) is 0 Å². The highest BCUT2D eigenvalue weighted by Crippen LogP contribution is 2.21. The molecule has 0 spiro atoms. The molecular formula is C11H14F3NO. The van der Waals surface area contributed by atoms with Crippen LogP contribution >= 0.6 is 0 Å². The smallest absolute Gasteiger partial charge is 0.392 e. The quantitative estimate of drug-likeness (QED) is 0.796. The van der Waals surface area contributed by atoms with Gasteiger partial charge in [0.2, 0.25) is 5.88 Å². The fourth-order valence-corrected chi connectivity index (χ4v) is 1.23. The second kappa shape index (κ2) is 5.18. The predicted molar refractivity (Wildman–Crippen MR) is 54.5 cm³/mol. The molecule has 0 aromatic carbocycles. The minimum atomic E-state index is -4.18. The first-order chi connectivity index (χ1) is 7.42. The Bertz CT molecular complexity index is 350. The van der Waals surface area contributed by atoms with Crippen molar-refractivity contribution in [2.75, 3.05) is 6.61 Å². The first-order valence-electron chi connectivity index (χ1n) is 5.07. The Balaban J connectivity index is 2.55. The van der Waals surface area contributed by atoms with Crippen LogP contribution < -0.4 is 4.74 Å². The largest absolute Gasteiger partial charge is 0.477 e. The lowest BCUT2D eigenvalue weighted by Crippen LogP contribution is -2.13. The molecule has 0 aliphatic rings. The number of pyridine rings is 1. The molecule has 0 N–H and O–H groups in total. The van der Waals surface area contributed by atoms with Crippen LogP contribution in [0.25, 0.3) is 0 Å². The molecule has 16 heavy (non-hydrogen) atoms. The van der Waals surface area contributed by atoms with E-state index in [2.05, 4.69) is 4.98 Å². The lowest BCUT2D eigenvalue weighted by Gasteiger charge is -2.10. The number of halogens is 3. The topological polar surface area (TPSA) is 22.1 Å². The standard InChI is InChI=1S/C11H14F3NO/c1-3-9-6-8(2)10(15-7-9)16-5-4-11(12,13)14/h6-7H,3-5H2,1-2H3. The Labute approximate surface area is 92.5 Å². The number of aryl methyl sites for hydroxylation is 2. The minimum absolute atomic E-state index is 0.279. The summed E-state index contributed by atoms with van der Waals surface area (Å²) in [6.45, 7) is 3.37. The highest BCUT2D eigenvalue weighted by atomic mass is 19.4. The van der Waals surface area contributed by atoms with Crippen LogP contribution in [0.2, 0.25) is 0 Å². The predicted octanol–water partition coefficient (Wildman–Crippen LogP) is 3.28. The van der Waals surface area contributed by atoms with Crippen LogP contribution in [0.4, 0.5) is 13.2 Å². The van der Waals surface area contributed by atoms with E-state index in [1.165, 1.54) is 0 Å². The van der Waals surface area contributed by atoms with Crippen molar-refractivity contribution >= 4 is 0 Å². The molecule has 0 bridgehead atoms. The van der Waals surface area contributed by atoms with E-state index in [0.717, 1.165) is 17.5 Å². The number of hydrogen-bond acceptors (Lipinski definition) is 2. The van der Waals surface area contributed by atoms with Gasteiger partial charge < -0.3 is 4.74 Å². The van der Waals surface area contributed by atoms with Gasteiger partial charge in [0.05, 0.1) is 13.0 Å². The summed E-state index contributed by atoms with van der Waals surface area (Å²) >= 11 is 0. The number of ether oxygens (including phenoxy) is 1. The highest BCUT2D eigenvalue weighted by molar-refractivity contribution is 5.28. The number of aromatic nitrogens is 1. The maximum Gasteiger partial charge on any atom is 0.392 e. The second-order valence-corrected chi connectivity index (χ2v) is 3.53. The summed E-state index contributed by atoms with van der Waals surface area (Å²) in [5.74, 6) is 0.279. The van der Waals surface area contributed by atoms with Gasteiger partial charge in [-0.2, -0.15) is 13.2 Å². The van der Waals surface area contributed by atoms with Gasteiger partial charge in [-0.1, -0.05) is 6.92 Å². The third-order valence-electron chi connectivity index (χ3n) is 2.12. The van der Waals surface area contributed by atoms with Crippen molar-refractivity contribution in [1.82, 2.24) is 4.98 Å². The molecule has 1 aromatic rings. The number of rotatable bonds is 4. The van der Waals surface area contributed by atoms with Crippen LogP contribution in [0.1, 0.15) is 24.5 Å². The molecule has 0 saturated heterocycles. The summed E-state index contributed by atoms with van der Waals surface area (Å²) in [6, 6.07) is 1.87. The zero-order valence-corrected chi connectivity index (χ0v) is 9.27. The molecule has 0 aliphatic carbocycles. The minimum Gasteiger partial charge on any atom is -0.477 e. The van der Waals surface area contributed by atoms with E-state index in [1.54, 1.807) is 13.1 Å². The van der Waals surface area contributed by atoms with Crippen LogP contribution in [-0.4, -0.2) is 17.8 Å². The Hall–Kier alpha value is -1.26. The van der Waals surface area contributed by atoms with Gasteiger partial charge in [0.25, 0.3) is 0 Å². The summed E-state index contributed by atoms with van der Waals surface area (Å²) in [6.07, 6.45) is -2.67. The van der Waals surface area contributed by atoms with Crippen LogP contribution in [0, 0.1) is 6.92 Å². The maximum atomic E-state index is 11.9. The molecule has 0 fully saturated rings. The molecule has 5 heteroatoms. The summed E-state index contributed by atoms with van der Waals surface area (Å²) in [5, 5.41) is 0. The van der Waals surface area contributed by atoms with E-state index in [4.69, 9.17) is 4.74 Å². The Morgan fingerprint density at radius 2 is 2.06 bits per heavy atom. The fourth-order valence-electron chi connectivity index (χ4n) is 1.23. The van der Waals surface area contributed by atoms with Gasteiger partial charge in [0.15, 0.2) is 0 Å². The number of hydrogen-bond donors (Lipinski definition) is 0. The van der Waals surface area contributed by atoms with Crippen molar-refractivity contribution in [3.05, 3.63) is 23.4 Å². The number of alkyl halides is 3. The van der Waals surface area contributed by atoms with Gasteiger partial charge in [-0.3, -0.25) is 0 Å². The van der Waals surface area contributed by atoms with Crippen molar-refractivity contribution in [3.8, 4) is 5.88 Å². The second-order valence-electron chi connectivity index (χ2n) is 3.53. The van der Waals surface area contributed by atoms with Gasteiger partial charge in [-0.05, 0) is 25.0 Å². The Morgan fingerprint density at radius 3 is 2.56 bits per heavy atom. The van der Waals surface area contributed by atoms with Crippen molar-refractivity contribution in [2.45, 2.75) is 32.9 Å². The zero-order valence-electron chi connectivity index (χ0n) is 9.27. The lowest BCUT2D eigenvalue weighted by molar-refractivity contribution is -0.139. The van der Waals surface area contributed by atoms with E-state index in [1.807, 2.05) is 13.0 Å². The van der Waals surface area contributed by atoms with Gasteiger partial charge in [0, 0.05) is 11.8 Å². The van der Waals surface area contributed by atoms with Gasteiger partial charge in [-0.15, -0.1) is 0 Å². The monoisotopic (exact) mass is 233 g/mol. The molecule has 90 valence electrons. The molecule has 0 radical (unpaired) electrons. The van der Waals surface area contributed by atoms with E-state index in [9.17, 15) is 13.2 Å². The van der Waals surface area contributed by atoms with Gasteiger partial charge >= 0.3 is 6.18 Å². The molecule has 0 amide bonds. The van der Waals surface area contributed by atoms with Crippen molar-refractivity contribution < 1.29 is 17.9 Å². The van der Waals surface area contributed by atoms with Crippen molar-refractivity contribution in [2.24, 2.45) is 0 Å². The molecule has 0 atom stereocenters. The highest BCUT2D eigenvalue weighted by Gasteiger charge is 2.27. The fraction of sp³-hybridized carbons (Fsp3) is 0.545. The van der Waals surface area contributed by atoms with Crippen LogP contribution in [0.3, 0.4) is 0 Å². The summed E-state index contributed by atoms with van der Waals surface area (Å²) in [7, 11) is 0. The maximum absolute atomic E-state index is 11.9. The van der Waals surface area contributed by atoms with E-state index in [0.29, 0.717) is 0 Å². The average Bonchev–Trinajstić information content (AvgIpc) is 2.18. The zero-order chi connectivity index (χ0) is 12.2. The molecule has 0 unspecified atom stereocenters. The average molecular weight is 233 g/mol. The van der Waals surface area contributed by atoms with Crippen LogP contribution in [0.5, 0.6) is 5.88 Å². The lowest BCUT2D eigenvalue weighted by atomic mass is 10.2. The Morgan fingerprint density at radius 1 is 1.38 bits per heavy atom. The SMILES string of the molecule is CCc1cnc(OCCC(F)(F)F)c(C)c1. The first kappa shape index (κ1) is 12.8. The molecule has 1 rings (SSSR count). The van der Waals surface area contributed by atoms with Crippen LogP contribution in [-0.2, 0) is 6.42 Å². The summed E-state index contributed by atoms with van der Waals surface area (Å²) < 4.78 is 40.6. The van der Waals surface area contributed by atoms with E-state index in [-0.39, 0.29) is 12.5 Å². The molecule has 0 saturated carbocycles. The third-order valence-corrected chi connectivity index (χ3v) is 2.12. The molecule has 1 heterocycles. The molecular weight excluding hydrogens is 219 g/mol. The first-order valence-corrected chi connectivity index (χ1v) is 5.07. The normalized spacial score (nSPS) is 11.6.